The second kappa shape index (κ2) is 9.50. The molecule has 0 bridgehead atoms. The number of carbonyl (C=O) groups is 1. The van der Waals surface area contributed by atoms with Crippen LogP contribution in [0, 0.1) is 23.7 Å². The van der Waals surface area contributed by atoms with Crippen LogP contribution in [0.1, 0.15) is 58.8 Å². The van der Waals surface area contributed by atoms with Crippen molar-refractivity contribution < 1.29 is 13.2 Å². The summed E-state index contributed by atoms with van der Waals surface area (Å²) in [5, 5.41) is 3.31. The van der Waals surface area contributed by atoms with E-state index in [9.17, 15) is 13.2 Å². The fourth-order valence-electron chi connectivity index (χ4n) is 5.02. The van der Waals surface area contributed by atoms with E-state index in [2.05, 4.69) is 32.6 Å². The third-order valence-corrected chi connectivity index (χ3v) is 9.35. The van der Waals surface area contributed by atoms with Gasteiger partial charge in [0.15, 0.2) is 0 Å². The van der Waals surface area contributed by atoms with Gasteiger partial charge in [0, 0.05) is 18.5 Å². The van der Waals surface area contributed by atoms with Crippen LogP contribution in [0.4, 0.5) is 0 Å². The molecule has 1 aromatic carbocycles. The van der Waals surface area contributed by atoms with Crippen molar-refractivity contribution in [3.8, 4) is 0 Å². The van der Waals surface area contributed by atoms with Crippen LogP contribution in [0.3, 0.4) is 0 Å². The molecule has 170 valence electrons. The molecule has 4 rings (SSSR count). The van der Waals surface area contributed by atoms with E-state index in [0.717, 1.165) is 43.8 Å². The van der Waals surface area contributed by atoms with Gasteiger partial charge in [0.05, 0.1) is 11.7 Å². The van der Waals surface area contributed by atoms with E-state index in [1.165, 1.54) is 12.8 Å². The third kappa shape index (κ3) is 5.09. The highest BCUT2D eigenvalue weighted by atomic mass is 32.2. The first-order chi connectivity index (χ1) is 14.8. The number of nitrogens with zero attached hydrogens (tertiary/aromatic N) is 2. The predicted molar refractivity (Wildman–Crippen MR) is 122 cm³/mol. The third-order valence-electron chi connectivity index (χ3n) is 7.35. The Kier molecular flexibility index (Phi) is 6.93. The Morgan fingerprint density at radius 2 is 1.87 bits per heavy atom. The number of hydrogen-bond acceptors (Lipinski definition) is 6. The second-order valence-corrected chi connectivity index (χ2v) is 11.6. The van der Waals surface area contributed by atoms with Crippen LogP contribution in [0.15, 0.2) is 23.1 Å². The largest absolute Gasteiger partial charge is 0.353 e. The van der Waals surface area contributed by atoms with Gasteiger partial charge in [-0.05, 0) is 62.0 Å². The lowest BCUT2D eigenvalue weighted by atomic mass is 9.77. The SMILES string of the molecule is C[C@H]1[C@H](C)CCC[C@@H]1NC(=O)C1CCC(CNS(=O)(=O)c2cccc3nsnc23)CC1. The zero-order valence-corrected chi connectivity index (χ0v) is 19.8. The van der Waals surface area contributed by atoms with Gasteiger partial charge in [-0.3, -0.25) is 4.79 Å². The standard InChI is InChI=1S/C22H32N4O3S2/c1-14-5-3-6-18(15(14)2)24-22(27)17-11-9-16(10-12-17)13-23-31(28,29)20-8-4-7-19-21(20)26-30-25-19/h4,7-8,14-18,23H,3,5-6,9-13H2,1-2H3,(H,24,27)/t14-,15+,16?,17?,18+/m1/s1. The highest BCUT2D eigenvalue weighted by Crippen LogP contribution is 2.32. The second-order valence-electron chi connectivity index (χ2n) is 9.34. The van der Waals surface area contributed by atoms with Gasteiger partial charge in [0.25, 0.3) is 0 Å². The summed E-state index contributed by atoms with van der Waals surface area (Å²) in [4.78, 5) is 13.0. The summed E-state index contributed by atoms with van der Waals surface area (Å²) in [7, 11) is -3.64. The first-order valence-corrected chi connectivity index (χ1v) is 13.6. The van der Waals surface area contributed by atoms with Crippen molar-refractivity contribution in [3.63, 3.8) is 0 Å². The van der Waals surface area contributed by atoms with Crippen LogP contribution in [0.2, 0.25) is 0 Å². The maximum Gasteiger partial charge on any atom is 0.242 e. The number of aromatic nitrogens is 2. The summed E-state index contributed by atoms with van der Waals surface area (Å²) < 4.78 is 36.6. The summed E-state index contributed by atoms with van der Waals surface area (Å²) in [5.74, 6) is 1.68. The van der Waals surface area contributed by atoms with Crippen molar-refractivity contribution in [2.24, 2.45) is 23.7 Å². The Labute approximate surface area is 188 Å². The van der Waals surface area contributed by atoms with Crippen molar-refractivity contribution in [1.29, 1.82) is 0 Å². The molecular weight excluding hydrogens is 432 g/mol. The summed E-state index contributed by atoms with van der Waals surface area (Å²) in [6, 6.07) is 5.32. The Bertz CT molecular complexity index is 1010. The zero-order chi connectivity index (χ0) is 22.0. The van der Waals surface area contributed by atoms with E-state index in [-0.39, 0.29) is 22.6 Å². The molecule has 2 saturated carbocycles. The molecule has 1 amide bonds. The van der Waals surface area contributed by atoms with Crippen LogP contribution in [0.5, 0.6) is 0 Å². The molecule has 31 heavy (non-hydrogen) atoms. The maximum atomic E-state index is 12.8. The Morgan fingerprint density at radius 1 is 1.10 bits per heavy atom. The average Bonchev–Trinajstić information content (AvgIpc) is 3.25. The number of hydrogen-bond donors (Lipinski definition) is 2. The Balaban J connectivity index is 1.27. The van der Waals surface area contributed by atoms with Crippen LogP contribution >= 0.6 is 11.7 Å². The quantitative estimate of drug-likeness (QED) is 0.679. The molecule has 2 aromatic rings. The molecular formula is C22H32N4O3S2. The lowest BCUT2D eigenvalue weighted by Gasteiger charge is -2.36. The van der Waals surface area contributed by atoms with E-state index < -0.39 is 10.0 Å². The molecule has 2 fully saturated rings. The smallest absolute Gasteiger partial charge is 0.242 e. The van der Waals surface area contributed by atoms with E-state index in [4.69, 9.17) is 0 Å². The molecule has 2 N–H and O–H groups in total. The van der Waals surface area contributed by atoms with E-state index in [0.29, 0.717) is 35.5 Å². The minimum Gasteiger partial charge on any atom is -0.353 e. The van der Waals surface area contributed by atoms with Crippen molar-refractivity contribution >= 4 is 38.7 Å². The molecule has 3 atom stereocenters. The predicted octanol–water partition coefficient (Wildman–Crippen LogP) is 3.72. The normalized spacial score (nSPS) is 29.7. The monoisotopic (exact) mass is 464 g/mol. The molecule has 2 aliphatic rings. The number of sulfonamides is 1. The van der Waals surface area contributed by atoms with Gasteiger partial charge in [-0.1, -0.05) is 32.8 Å². The van der Waals surface area contributed by atoms with E-state index in [1.54, 1.807) is 18.2 Å². The summed E-state index contributed by atoms with van der Waals surface area (Å²) in [6.07, 6.45) is 6.88. The molecule has 0 saturated heterocycles. The number of fused-ring (bicyclic) bond motifs is 1. The molecule has 0 radical (unpaired) electrons. The Hall–Kier alpha value is -1.58. The highest BCUT2D eigenvalue weighted by molar-refractivity contribution is 7.89. The van der Waals surface area contributed by atoms with Crippen LogP contribution in [0.25, 0.3) is 11.0 Å². The summed E-state index contributed by atoms with van der Waals surface area (Å²) in [5.41, 5.74) is 1.02. The Morgan fingerprint density at radius 3 is 2.65 bits per heavy atom. The number of rotatable bonds is 6. The van der Waals surface area contributed by atoms with Crippen LogP contribution in [-0.4, -0.2) is 35.7 Å². The number of nitrogens with one attached hydrogen (secondary N) is 2. The molecule has 0 spiro atoms. The summed E-state index contributed by atoms with van der Waals surface area (Å²) in [6.45, 7) is 4.92. The lowest BCUT2D eigenvalue weighted by Crippen LogP contribution is -2.46. The maximum absolute atomic E-state index is 12.8. The van der Waals surface area contributed by atoms with E-state index >= 15 is 0 Å². The molecule has 1 heterocycles. The summed E-state index contributed by atoms with van der Waals surface area (Å²) >= 11 is 1.01. The zero-order valence-electron chi connectivity index (χ0n) is 18.2. The molecule has 2 aliphatic carbocycles. The van der Waals surface area contributed by atoms with Gasteiger partial charge in [0.1, 0.15) is 15.9 Å². The van der Waals surface area contributed by atoms with Gasteiger partial charge in [0.2, 0.25) is 15.9 Å². The highest BCUT2D eigenvalue weighted by Gasteiger charge is 2.32. The first-order valence-electron chi connectivity index (χ1n) is 11.4. The topological polar surface area (TPSA) is 101 Å². The van der Waals surface area contributed by atoms with Crippen LogP contribution < -0.4 is 10.0 Å². The molecule has 7 nitrogen and oxygen atoms in total. The van der Waals surface area contributed by atoms with Gasteiger partial charge in [-0.15, -0.1) is 0 Å². The van der Waals surface area contributed by atoms with Crippen molar-refractivity contribution in [3.05, 3.63) is 18.2 Å². The lowest BCUT2D eigenvalue weighted by molar-refractivity contribution is -0.127. The van der Waals surface area contributed by atoms with E-state index in [1.807, 2.05) is 0 Å². The van der Waals surface area contributed by atoms with Crippen LogP contribution in [-0.2, 0) is 14.8 Å². The minimum absolute atomic E-state index is 0.0483. The van der Waals surface area contributed by atoms with Crippen molar-refractivity contribution in [1.82, 2.24) is 18.8 Å². The average molecular weight is 465 g/mol. The molecule has 9 heteroatoms. The first kappa shape index (κ1) is 22.6. The number of carbonyl (C=O) groups excluding carboxylic acids is 1. The van der Waals surface area contributed by atoms with Crippen molar-refractivity contribution in [2.45, 2.75) is 69.7 Å². The fourth-order valence-corrected chi connectivity index (χ4v) is 6.90. The van der Waals surface area contributed by atoms with Gasteiger partial charge in [-0.25, -0.2) is 13.1 Å². The van der Waals surface area contributed by atoms with Crippen molar-refractivity contribution in [2.75, 3.05) is 6.54 Å². The minimum atomic E-state index is -3.64. The van der Waals surface area contributed by atoms with Gasteiger partial charge < -0.3 is 5.32 Å². The van der Waals surface area contributed by atoms with Gasteiger partial charge >= 0.3 is 0 Å². The molecule has 0 unspecified atom stereocenters. The molecule has 1 aromatic heterocycles. The fraction of sp³-hybridized carbons (Fsp3) is 0.682. The molecule has 0 aliphatic heterocycles. The number of amides is 1. The van der Waals surface area contributed by atoms with Gasteiger partial charge in [-0.2, -0.15) is 8.75 Å². The number of benzene rings is 1.